The Hall–Kier alpha value is -4.58. The third kappa shape index (κ3) is 5.18. The maximum atomic E-state index is 13.6. The first kappa shape index (κ1) is 29.4. The van der Waals surface area contributed by atoms with E-state index < -0.39 is 29.5 Å². The molecule has 12 heteroatoms. The van der Waals surface area contributed by atoms with Crippen LogP contribution in [0.25, 0.3) is 5.76 Å². The van der Waals surface area contributed by atoms with Crippen LogP contribution in [0.3, 0.4) is 0 Å². The first-order valence-electron chi connectivity index (χ1n) is 12.5. The molecule has 3 aromatic rings. The lowest BCUT2D eigenvalue weighted by molar-refractivity contribution is -0.132. The molecule has 1 aliphatic rings. The summed E-state index contributed by atoms with van der Waals surface area (Å²) in [5, 5.41) is 11.6. The maximum absolute atomic E-state index is 13.6. The van der Waals surface area contributed by atoms with Crippen LogP contribution in [-0.2, 0) is 14.3 Å². The van der Waals surface area contributed by atoms with Gasteiger partial charge >= 0.3 is 11.9 Å². The van der Waals surface area contributed by atoms with Crippen LogP contribution in [0, 0.1) is 13.8 Å². The van der Waals surface area contributed by atoms with Crippen LogP contribution in [0.4, 0.5) is 5.13 Å². The van der Waals surface area contributed by atoms with Crippen molar-refractivity contribution >= 4 is 39.9 Å². The highest BCUT2D eigenvalue weighted by atomic mass is 32.1. The molecule has 1 aliphatic heterocycles. The third-order valence-electron chi connectivity index (χ3n) is 6.57. The first-order valence-corrected chi connectivity index (χ1v) is 13.3. The minimum absolute atomic E-state index is 0.0800. The predicted octanol–water partition coefficient (Wildman–Crippen LogP) is 4.60. The van der Waals surface area contributed by atoms with E-state index in [1.54, 1.807) is 51.1 Å². The average Bonchev–Trinajstić information content (AvgIpc) is 3.47. The van der Waals surface area contributed by atoms with E-state index in [1.165, 1.54) is 28.4 Å². The Balaban J connectivity index is 2.00. The van der Waals surface area contributed by atoms with Crippen LogP contribution < -0.4 is 23.8 Å². The smallest absolute Gasteiger partial charge is 0.350 e. The number of rotatable bonds is 9. The molecule has 216 valence electrons. The average molecular weight is 583 g/mol. The fourth-order valence-electron chi connectivity index (χ4n) is 4.66. The second-order valence-corrected chi connectivity index (χ2v) is 9.92. The number of carbonyl (C=O) groups is 3. The summed E-state index contributed by atoms with van der Waals surface area (Å²) in [6.07, 6.45) is 0. The molecule has 0 radical (unpaired) electrons. The van der Waals surface area contributed by atoms with Crippen molar-refractivity contribution in [2.45, 2.75) is 26.8 Å². The minimum atomic E-state index is -1.16. The molecule has 11 nitrogen and oxygen atoms in total. The van der Waals surface area contributed by atoms with Crippen molar-refractivity contribution in [3.05, 3.63) is 63.2 Å². The molecule has 1 saturated heterocycles. The molecular formula is C29H30N2O9S. The standard InChI is InChI=1S/C29H30N2O9S/c1-8-40-28(35)26-15(3)30-29(41-26)31-22(17-12-19(37-5)25(39-7)20(13-17)38-6)21(24(33)27(31)34)23(32)16-9-10-18(36-4)14(2)11-16/h9-13,22,32H,8H2,1-7H3/b23-21+/t22-/m0/s1. The molecule has 0 bridgehead atoms. The van der Waals surface area contributed by atoms with Gasteiger partial charge in [0.25, 0.3) is 5.78 Å². The van der Waals surface area contributed by atoms with Gasteiger partial charge in [0.1, 0.15) is 16.4 Å². The zero-order valence-corrected chi connectivity index (χ0v) is 24.5. The van der Waals surface area contributed by atoms with Gasteiger partial charge in [-0.15, -0.1) is 0 Å². The topological polar surface area (TPSA) is 134 Å². The van der Waals surface area contributed by atoms with Gasteiger partial charge in [0, 0.05) is 5.56 Å². The number of Topliss-reactive ketones (excluding diaryl/α,β-unsaturated/α-hetero) is 1. The van der Waals surface area contributed by atoms with Gasteiger partial charge in [-0.2, -0.15) is 0 Å². The highest BCUT2D eigenvalue weighted by Gasteiger charge is 2.49. The number of hydrogen-bond donors (Lipinski definition) is 1. The number of methoxy groups -OCH3 is 4. The van der Waals surface area contributed by atoms with E-state index in [9.17, 15) is 19.5 Å². The molecule has 1 aromatic heterocycles. The van der Waals surface area contributed by atoms with Gasteiger partial charge < -0.3 is 28.8 Å². The number of aromatic nitrogens is 1. The highest BCUT2D eigenvalue weighted by Crippen LogP contribution is 2.48. The fraction of sp³-hybridized carbons (Fsp3) is 0.310. The van der Waals surface area contributed by atoms with Crippen LogP contribution in [0.15, 0.2) is 35.9 Å². The Morgan fingerprint density at radius 3 is 2.15 bits per heavy atom. The van der Waals surface area contributed by atoms with E-state index in [4.69, 9.17) is 23.7 Å². The van der Waals surface area contributed by atoms with E-state index in [2.05, 4.69) is 4.98 Å². The number of benzene rings is 2. The van der Waals surface area contributed by atoms with Gasteiger partial charge in [-0.1, -0.05) is 11.3 Å². The third-order valence-corrected chi connectivity index (χ3v) is 7.70. The summed E-state index contributed by atoms with van der Waals surface area (Å²) < 4.78 is 26.9. The molecular weight excluding hydrogens is 552 g/mol. The molecule has 0 aliphatic carbocycles. The number of aliphatic hydroxyl groups is 1. The first-order chi connectivity index (χ1) is 19.6. The van der Waals surface area contributed by atoms with Crippen LogP contribution >= 0.6 is 11.3 Å². The monoisotopic (exact) mass is 582 g/mol. The van der Waals surface area contributed by atoms with Crippen molar-refractivity contribution in [3.8, 4) is 23.0 Å². The van der Waals surface area contributed by atoms with Gasteiger partial charge in [0.15, 0.2) is 16.6 Å². The van der Waals surface area contributed by atoms with E-state index >= 15 is 0 Å². The molecule has 2 heterocycles. The van der Waals surface area contributed by atoms with Crippen LogP contribution in [0.2, 0.25) is 0 Å². The fourth-order valence-corrected chi connectivity index (χ4v) is 5.64. The summed E-state index contributed by atoms with van der Waals surface area (Å²) in [5.74, 6) is -1.41. The molecule has 1 fully saturated rings. The van der Waals surface area contributed by atoms with Crippen LogP contribution in [-0.4, -0.2) is 62.8 Å². The number of anilines is 1. The van der Waals surface area contributed by atoms with Crippen molar-refractivity contribution in [1.82, 2.24) is 4.98 Å². The Labute approximate surface area is 240 Å². The number of hydrogen-bond acceptors (Lipinski definition) is 11. The molecule has 1 amide bonds. The molecule has 0 unspecified atom stereocenters. The molecule has 0 saturated carbocycles. The Morgan fingerprint density at radius 2 is 1.61 bits per heavy atom. The maximum Gasteiger partial charge on any atom is 0.350 e. The largest absolute Gasteiger partial charge is 0.507 e. The quantitative estimate of drug-likeness (QED) is 0.165. The Bertz CT molecular complexity index is 1530. The summed E-state index contributed by atoms with van der Waals surface area (Å²) in [5.41, 5.74) is 1.54. The molecule has 2 aromatic carbocycles. The number of thiazole rings is 1. The van der Waals surface area contributed by atoms with Gasteiger partial charge in [0.05, 0.1) is 52.4 Å². The van der Waals surface area contributed by atoms with Gasteiger partial charge in [-0.25, -0.2) is 9.78 Å². The second-order valence-electron chi connectivity index (χ2n) is 8.94. The number of nitrogens with zero attached hydrogens (tertiary/aromatic N) is 2. The lowest BCUT2D eigenvalue weighted by Crippen LogP contribution is -2.29. The molecule has 4 rings (SSSR count). The molecule has 1 N–H and O–H groups in total. The van der Waals surface area contributed by atoms with E-state index in [-0.39, 0.29) is 33.7 Å². The van der Waals surface area contributed by atoms with Gasteiger partial charge in [-0.05, 0) is 62.2 Å². The van der Waals surface area contributed by atoms with Crippen molar-refractivity contribution in [2.75, 3.05) is 39.9 Å². The molecule has 41 heavy (non-hydrogen) atoms. The predicted molar refractivity (Wildman–Crippen MR) is 151 cm³/mol. The van der Waals surface area contributed by atoms with Crippen molar-refractivity contribution in [2.24, 2.45) is 0 Å². The second kappa shape index (κ2) is 11.9. The van der Waals surface area contributed by atoms with Crippen molar-refractivity contribution < 1.29 is 43.2 Å². The summed E-state index contributed by atoms with van der Waals surface area (Å²) in [6.45, 7) is 5.24. The highest BCUT2D eigenvalue weighted by molar-refractivity contribution is 7.17. The summed E-state index contributed by atoms with van der Waals surface area (Å²) >= 11 is 0.913. The number of ketones is 1. The number of esters is 1. The Morgan fingerprint density at radius 1 is 0.976 bits per heavy atom. The summed E-state index contributed by atoms with van der Waals surface area (Å²) in [7, 11) is 5.85. The molecule has 0 spiro atoms. The SMILES string of the molecule is CCOC(=O)c1sc(N2C(=O)C(=O)/C(=C(/O)c3ccc(OC)c(C)c3)[C@@H]2c2cc(OC)c(OC)c(OC)c2)nc1C. The number of carbonyl (C=O) groups excluding carboxylic acids is 3. The van der Waals surface area contributed by atoms with Crippen LogP contribution in [0.5, 0.6) is 23.0 Å². The number of ether oxygens (including phenoxy) is 5. The number of amides is 1. The van der Waals surface area contributed by atoms with Gasteiger partial charge in [0.2, 0.25) is 5.75 Å². The van der Waals surface area contributed by atoms with Gasteiger partial charge in [-0.3, -0.25) is 14.5 Å². The lowest BCUT2D eigenvalue weighted by atomic mass is 9.94. The number of aliphatic hydroxyl groups excluding tert-OH is 1. The van der Waals surface area contributed by atoms with E-state index in [0.717, 1.165) is 16.2 Å². The van der Waals surface area contributed by atoms with E-state index in [0.29, 0.717) is 33.9 Å². The molecule has 1 atom stereocenters. The zero-order chi connectivity index (χ0) is 30.0. The minimum Gasteiger partial charge on any atom is -0.507 e. The normalized spacial score (nSPS) is 16.1. The zero-order valence-electron chi connectivity index (χ0n) is 23.7. The number of aryl methyl sites for hydroxylation is 2. The summed E-state index contributed by atoms with van der Waals surface area (Å²) in [6, 6.07) is 6.92. The lowest BCUT2D eigenvalue weighted by Gasteiger charge is -2.24. The van der Waals surface area contributed by atoms with Crippen molar-refractivity contribution in [3.63, 3.8) is 0 Å². The van der Waals surface area contributed by atoms with Crippen LogP contribution in [0.1, 0.15) is 45.0 Å². The Kier molecular flexibility index (Phi) is 8.52. The summed E-state index contributed by atoms with van der Waals surface area (Å²) in [4.78, 5) is 45.6. The van der Waals surface area contributed by atoms with Crippen molar-refractivity contribution in [1.29, 1.82) is 0 Å². The van der Waals surface area contributed by atoms with E-state index in [1.807, 2.05) is 0 Å².